The number of rotatable bonds is 4. The third kappa shape index (κ3) is 3.03. The Kier molecular flexibility index (Phi) is 3.74. The Balaban J connectivity index is 2.05. The molecule has 1 heterocycles. The number of hydrogen-bond acceptors (Lipinski definition) is 4. The van der Waals surface area contributed by atoms with Crippen LogP contribution in [0.15, 0.2) is 30.3 Å². The van der Waals surface area contributed by atoms with Crippen LogP contribution in [0.5, 0.6) is 0 Å². The van der Waals surface area contributed by atoms with Crippen molar-refractivity contribution in [2.45, 2.75) is 32.7 Å². The topological polar surface area (TPSA) is 37.8 Å². The van der Waals surface area contributed by atoms with E-state index >= 15 is 0 Å². The first-order valence-electron chi connectivity index (χ1n) is 5.81. The molecule has 1 aromatic carbocycles. The Morgan fingerprint density at radius 3 is 2.35 bits per heavy atom. The van der Waals surface area contributed by atoms with Gasteiger partial charge in [-0.3, -0.25) is 0 Å². The van der Waals surface area contributed by atoms with Crippen LogP contribution in [-0.4, -0.2) is 10.2 Å². The van der Waals surface area contributed by atoms with Gasteiger partial charge in [0.2, 0.25) is 5.13 Å². The van der Waals surface area contributed by atoms with Gasteiger partial charge in [-0.25, -0.2) is 0 Å². The maximum absolute atomic E-state index is 4.17. The van der Waals surface area contributed by atoms with Crippen molar-refractivity contribution in [1.82, 2.24) is 10.2 Å². The van der Waals surface area contributed by atoms with Crippen LogP contribution in [0.3, 0.4) is 0 Å². The summed E-state index contributed by atoms with van der Waals surface area (Å²) in [5, 5.41) is 13.7. The van der Waals surface area contributed by atoms with E-state index in [0.29, 0.717) is 5.92 Å². The van der Waals surface area contributed by atoms with Gasteiger partial charge >= 0.3 is 0 Å². The number of aromatic nitrogens is 2. The second kappa shape index (κ2) is 5.27. The Labute approximate surface area is 106 Å². The summed E-state index contributed by atoms with van der Waals surface area (Å²) in [5.74, 6) is 0.440. The fourth-order valence-electron chi connectivity index (χ4n) is 1.54. The molecule has 0 amide bonds. The Morgan fingerprint density at radius 1 is 1.06 bits per heavy atom. The lowest BCUT2D eigenvalue weighted by Crippen LogP contribution is -2.05. The fourth-order valence-corrected chi connectivity index (χ4v) is 2.37. The van der Waals surface area contributed by atoms with E-state index in [-0.39, 0.29) is 6.04 Å². The molecule has 0 aliphatic rings. The number of anilines is 1. The van der Waals surface area contributed by atoms with Gasteiger partial charge in [-0.2, -0.15) is 0 Å². The van der Waals surface area contributed by atoms with Crippen molar-refractivity contribution in [2.24, 2.45) is 0 Å². The molecule has 0 saturated carbocycles. The highest BCUT2D eigenvalue weighted by atomic mass is 32.1. The van der Waals surface area contributed by atoms with Gasteiger partial charge in [-0.1, -0.05) is 55.5 Å². The van der Waals surface area contributed by atoms with Crippen molar-refractivity contribution >= 4 is 16.5 Å². The van der Waals surface area contributed by atoms with Gasteiger partial charge in [0.1, 0.15) is 5.01 Å². The molecule has 0 saturated heterocycles. The lowest BCUT2D eigenvalue weighted by atomic mass is 10.1. The van der Waals surface area contributed by atoms with Crippen molar-refractivity contribution in [1.29, 1.82) is 0 Å². The van der Waals surface area contributed by atoms with Crippen LogP contribution >= 0.6 is 11.3 Å². The molecule has 0 spiro atoms. The Bertz CT molecular complexity index is 465. The summed E-state index contributed by atoms with van der Waals surface area (Å²) < 4.78 is 0. The van der Waals surface area contributed by atoms with Crippen molar-refractivity contribution in [3.63, 3.8) is 0 Å². The van der Waals surface area contributed by atoms with Gasteiger partial charge in [0.15, 0.2) is 0 Å². The van der Waals surface area contributed by atoms with Gasteiger partial charge in [0, 0.05) is 5.92 Å². The molecule has 90 valence electrons. The van der Waals surface area contributed by atoms with Crippen LogP contribution in [0.2, 0.25) is 0 Å². The number of benzene rings is 1. The van der Waals surface area contributed by atoms with E-state index in [9.17, 15) is 0 Å². The van der Waals surface area contributed by atoms with Crippen molar-refractivity contribution in [3.05, 3.63) is 40.9 Å². The molecule has 0 aliphatic heterocycles. The summed E-state index contributed by atoms with van der Waals surface area (Å²) in [6.07, 6.45) is 0. The highest BCUT2D eigenvalue weighted by molar-refractivity contribution is 7.15. The molecule has 0 aliphatic carbocycles. The molecule has 2 rings (SSSR count). The second-order valence-corrected chi connectivity index (χ2v) is 5.39. The summed E-state index contributed by atoms with van der Waals surface area (Å²) in [7, 11) is 0. The minimum atomic E-state index is 0.254. The standard InChI is InChI=1S/C13H17N3S/c1-9(2)12-15-16-13(17-12)14-10(3)11-7-5-4-6-8-11/h4-10H,1-3H3,(H,14,16). The zero-order chi connectivity index (χ0) is 12.3. The van der Waals surface area contributed by atoms with E-state index in [1.54, 1.807) is 11.3 Å². The SMILES string of the molecule is CC(C)c1nnc(NC(C)c2ccccc2)s1. The molecule has 0 bridgehead atoms. The Hall–Kier alpha value is -1.42. The summed E-state index contributed by atoms with van der Waals surface area (Å²) in [5.41, 5.74) is 1.26. The maximum atomic E-state index is 4.17. The van der Waals surface area contributed by atoms with Gasteiger partial charge in [-0.05, 0) is 12.5 Å². The first kappa shape index (κ1) is 12.0. The zero-order valence-corrected chi connectivity index (χ0v) is 11.2. The van der Waals surface area contributed by atoms with Crippen LogP contribution in [0.4, 0.5) is 5.13 Å². The van der Waals surface area contributed by atoms with E-state index < -0.39 is 0 Å². The summed E-state index contributed by atoms with van der Waals surface area (Å²) >= 11 is 1.63. The van der Waals surface area contributed by atoms with E-state index in [2.05, 4.69) is 48.4 Å². The quantitative estimate of drug-likeness (QED) is 0.892. The first-order chi connectivity index (χ1) is 8.16. The van der Waals surface area contributed by atoms with Crippen LogP contribution in [0.1, 0.15) is 43.3 Å². The number of hydrogen-bond donors (Lipinski definition) is 1. The van der Waals surface area contributed by atoms with Crippen molar-refractivity contribution in [3.8, 4) is 0 Å². The molecule has 1 N–H and O–H groups in total. The molecular formula is C13H17N3S. The van der Waals surface area contributed by atoms with Gasteiger partial charge in [-0.15, -0.1) is 10.2 Å². The molecule has 3 nitrogen and oxygen atoms in total. The normalized spacial score (nSPS) is 12.7. The Morgan fingerprint density at radius 2 is 1.76 bits per heavy atom. The molecular weight excluding hydrogens is 230 g/mol. The lowest BCUT2D eigenvalue weighted by Gasteiger charge is -2.12. The monoisotopic (exact) mass is 247 g/mol. The fraction of sp³-hybridized carbons (Fsp3) is 0.385. The number of nitrogens with one attached hydrogen (secondary N) is 1. The molecule has 1 aromatic heterocycles. The average molecular weight is 247 g/mol. The molecule has 2 aromatic rings. The molecule has 17 heavy (non-hydrogen) atoms. The lowest BCUT2D eigenvalue weighted by molar-refractivity contribution is 0.820. The molecule has 0 fully saturated rings. The van der Waals surface area contributed by atoms with E-state index in [1.165, 1.54) is 5.56 Å². The minimum Gasteiger partial charge on any atom is -0.354 e. The van der Waals surface area contributed by atoms with Gasteiger partial charge in [0.05, 0.1) is 6.04 Å². The van der Waals surface area contributed by atoms with Gasteiger partial charge in [0.25, 0.3) is 0 Å². The predicted molar refractivity (Wildman–Crippen MR) is 72.5 cm³/mol. The van der Waals surface area contributed by atoms with E-state index in [1.807, 2.05) is 18.2 Å². The van der Waals surface area contributed by atoms with Crippen LogP contribution in [0.25, 0.3) is 0 Å². The molecule has 1 atom stereocenters. The smallest absolute Gasteiger partial charge is 0.206 e. The molecule has 1 unspecified atom stereocenters. The van der Waals surface area contributed by atoms with E-state index in [0.717, 1.165) is 10.1 Å². The van der Waals surface area contributed by atoms with Crippen LogP contribution in [0, 0.1) is 0 Å². The van der Waals surface area contributed by atoms with Crippen LogP contribution < -0.4 is 5.32 Å². The minimum absolute atomic E-state index is 0.254. The highest BCUT2D eigenvalue weighted by Crippen LogP contribution is 2.25. The zero-order valence-electron chi connectivity index (χ0n) is 10.3. The predicted octanol–water partition coefficient (Wildman–Crippen LogP) is 3.83. The highest BCUT2D eigenvalue weighted by Gasteiger charge is 2.10. The summed E-state index contributed by atoms with van der Waals surface area (Å²) in [6.45, 7) is 6.39. The first-order valence-corrected chi connectivity index (χ1v) is 6.63. The van der Waals surface area contributed by atoms with E-state index in [4.69, 9.17) is 0 Å². The van der Waals surface area contributed by atoms with Crippen molar-refractivity contribution < 1.29 is 0 Å². The van der Waals surface area contributed by atoms with Crippen LogP contribution in [-0.2, 0) is 0 Å². The molecule has 0 radical (unpaired) electrons. The number of nitrogens with zero attached hydrogens (tertiary/aromatic N) is 2. The second-order valence-electron chi connectivity index (χ2n) is 4.38. The maximum Gasteiger partial charge on any atom is 0.206 e. The average Bonchev–Trinajstić information content (AvgIpc) is 2.79. The summed E-state index contributed by atoms with van der Waals surface area (Å²) in [4.78, 5) is 0. The summed E-state index contributed by atoms with van der Waals surface area (Å²) in [6, 6.07) is 10.6. The van der Waals surface area contributed by atoms with Gasteiger partial charge < -0.3 is 5.32 Å². The third-order valence-electron chi connectivity index (χ3n) is 2.57. The third-order valence-corrected chi connectivity index (χ3v) is 3.73. The molecule has 4 heteroatoms. The largest absolute Gasteiger partial charge is 0.354 e. The van der Waals surface area contributed by atoms with Crippen molar-refractivity contribution in [2.75, 3.05) is 5.32 Å².